The summed E-state index contributed by atoms with van der Waals surface area (Å²) in [5, 5.41) is 0. The van der Waals surface area contributed by atoms with E-state index >= 15 is 0 Å². The second-order valence-corrected chi connectivity index (χ2v) is 18.7. The molecule has 0 fully saturated rings. The van der Waals surface area contributed by atoms with Gasteiger partial charge in [0.05, 0.1) is 0 Å². The SMILES string of the molecule is [CH3][Sn]([CH3])([CH3])[c]1ccnc(C(F)(F)F)c1. The van der Waals surface area contributed by atoms with Crippen LogP contribution in [0.15, 0.2) is 18.3 Å². The molecule has 0 N–H and O–H groups in total. The van der Waals surface area contributed by atoms with E-state index in [0.29, 0.717) is 0 Å². The van der Waals surface area contributed by atoms with E-state index in [1.54, 1.807) is 6.07 Å². The zero-order valence-corrected chi connectivity index (χ0v) is 11.2. The predicted octanol–water partition coefficient (Wildman–Crippen LogP) is 2.65. The average molecular weight is 310 g/mol. The van der Waals surface area contributed by atoms with Gasteiger partial charge in [0.2, 0.25) is 0 Å². The molecular formula is C9H12F3NSn. The van der Waals surface area contributed by atoms with Crippen molar-refractivity contribution in [2.45, 2.75) is 21.0 Å². The van der Waals surface area contributed by atoms with Gasteiger partial charge in [-0.2, -0.15) is 0 Å². The Kier molecular flexibility index (Phi) is 3.13. The van der Waals surface area contributed by atoms with E-state index in [4.69, 9.17) is 0 Å². The zero-order chi connectivity index (χ0) is 11.0. The Balaban J connectivity index is 3.15. The van der Waals surface area contributed by atoms with Crippen molar-refractivity contribution < 1.29 is 13.2 Å². The molecule has 1 aromatic heterocycles. The summed E-state index contributed by atoms with van der Waals surface area (Å²) in [7, 11) is 0. The van der Waals surface area contributed by atoms with Crippen LogP contribution < -0.4 is 3.58 Å². The van der Waals surface area contributed by atoms with Gasteiger partial charge in [-0.3, -0.25) is 0 Å². The number of halogens is 3. The number of hydrogen-bond acceptors (Lipinski definition) is 1. The third-order valence-corrected chi connectivity index (χ3v) is 7.75. The molecule has 1 aromatic rings. The molecule has 78 valence electrons. The Bertz CT molecular complexity index is 298. The number of alkyl halides is 3. The average Bonchev–Trinajstić information content (AvgIpc) is 2.01. The van der Waals surface area contributed by atoms with Crippen LogP contribution >= 0.6 is 0 Å². The quantitative estimate of drug-likeness (QED) is 0.727. The molecule has 1 rings (SSSR count). The fraction of sp³-hybridized carbons (Fsp3) is 0.444. The van der Waals surface area contributed by atoms with Crippen LogP contribution in [0.5, 0.6) is 0 Å². The first kappa shape index (κ1) is 11.8. The molecule has 0 saturated heterocycles. The predicted molar refractivity (Wildman–Crippen MR) is 52.2 cm³/mol. The summed E-state index contributed by atoms with van der Waals surface area (Å²) in [6, 6.07) is 2.89. The molecule has 0 unspecified atom stereocenters. The normalized spacial score (nSPS) is 13.0. The van der Waals surface area contributed by atoms with Crippen LogP contribution in [0.4, 0.5) is 13.2 Å². The van der Waals surface area contributed by atoms with Crippen molar-refractivity contribution in [2.24, 2.45) is 0 Å². The fourth-order valence-corrected chi connectivity index (χ4v) is 4.32. The summed E-state index contributed by atoms with van der Waals surface area (Å²) < 4.78 is 37.8. The number of nitrogens with zero attached hydrogens (tertiary/aromatic N) is 1. The first-order valence-electron chi connectivity index (χ1n) is 4.25. The molecule has 0 spiro atoms. The molecule has 0 saturated carbocycles. The van der Waals surface area contributed by atoms with Crippen LogP contribution in [0.3, 0.4) is 0 Å². The minimum atomic E-state index is -4.33. The Morgan fingerprint density at radius 1 is 1.21 bits per heavy atom. The third-order valence-electron chi connectivity index (χ3n) is 1.92. The summed E-state index contributed by atoms with van der Waals surface area (Å²) in [4.78, 5) is 9.55. The second-order valence-electron chi connectivity index (χ2n) is 4.18. The van der Waals surface area contributed by atoms with Crippen molar-refractivity contribution in [1.29, 1.82) is 0 Å². The summed E-state index contributed by atoms with van der Waals surface area (Å²) in [5.74, 6) is 0. The molecule has 0 amide bonds. The van der Waals surface area contributed by atoms with E-state index in [0.717, 1.165) is 3.58 Å². The first-order chi connectivity index (χ1) is 6.21. The number of aromatic nitrogens is 1. The maximum absolute atomic E-state index is 12.3. The molecular weight excluding hydrogens is 298 g/mol. The van der Waals surface area contributed by atoms with Crippen molar-refractivity contribution in [2.75, 3.05) is 0 Å². The van der Waals surface area contributed by atoms with Crippen molar-refractivity contribution in [3.63, 3.8) is 0 Å². The molecule has 0 atom stereocenters. The number of pyridine rings is 1. The van der Waals surface area contributed by atoms with Gasteiger partial charge in [0.25, 0.3) is 0 Å². The van der Waals surface area contributed by atoms with E-state index in [9.17, 15) is 13.2 Å². The van der Waals surface area contributed by atoms with Gasteiger partial charge in [-0.25, -0.2) is 0 Å². The monoisotopic (exact) mass is 311 g/mol. The molecule has 0 bridgehead atoms. The molecule has 0 aliphatic heterocycles. The van der Waals surface area contributed by atoms with Crippen molar-refractivity contribution in [3.05, 3.63) is 24.0 Å². The van der Waals surface area contributed by atoms with Crippen LogP contribution in [0.25, 0.3) is 0 Å². The summed E-state index contributed by atoms with van der Waals surface area (Å²) in [6.45, 7) is 0. The molecule has 0 radical (unpaired) electrons. The van der Waals surface area contributed by atoms with E-state index in [2.05, 4.69) is 19.8 Å². The van der Waals surface area contributed by atoms with Crippen LogP contribution in [0.2, 0.25) is 14.8 Å². The molecule has 1 nitrogen and oxygen atoms in total. The minimum absolute atomic E-state index is 0.776. The summed E-state index contributed by atoms with van der Waals surface area (Å²) >= 11 is -2.40. The van der Waals surface area contributed by atoms with Gasteiger partial charge in [0.15, 0.2) is 0 Å². The van der Waals surface area contributed by atoms with Gasteiger partial charge in [0.1, 0.15) is 0 Å². The topological polar surface area (TPSA) is 12.9 Å². The van der Waals surface area contributed by atoms with Crippen molar-refractivity contribution >= 4 is 22.0 Å². The third kappa shape index (κ3) is 2.86. The standard InChI is InChI=1S/C6H3F3N.3CH3.Sn/c7-6(8,9)5-3-1-2-4-10-5;;;;/h2-4H;3*1H3;. The number of rotatable bonds is 1. The first-order valence-corrected chi connectivity index (χ1v) is 14.2. The van der Waals surface area contributed by atoms with Crippen LogP contribution in [0.1, 0.15) is 5.69 Å². The Morgan fingerprint density at radius 2 is 1.79 bits per heavy atom. The van der Waals surface area contributed by atoms with Gasteiger partial charge >= 0.3 is 85.1 Å². The molecule has 5 heteroatoms. The Labute approximate surface area is 85.2 Å². The summed E-state index contributed by atoms with van der Waals surface area (Å²) in [6.07, 6.45) is -3.08. The van der Waals surface area contributed by atoms with Gasteiger partial charge < -0.3 is 0 Å². The Hall–Kier alpha value is -0.261. The van der Waals surface area contributed by atoms with Crippen molar-refractivity contribution in [3.8, 4) is 0 Å². The molecule has 1 heterocycles. The zero-order valence-electron chi connectivity index (χ0n) is 8.31. The van der Waals surface area contributed by atoms with Gasteiger partial charge in [-0.05, 0) is 0 Å². The molecule has 0 aromatic carbocycles. The molecule has 14 heavy (non-hydrogen) atoms. The number of hydrogen-bond donors (Lipinski definition) is 0. The van der Waals surface area contributed by atoms with Gasteiger partial charge in [0, 0.05) is 0 Å². The van der Waals surface area contributed by atoms with Crippen molar-refractivity contribution in [1.82, 2.24) is 4.98 Å². The van der Waals surface area contributed by atoms with E-state index in [1.807, 2.05) is 0 Å². The fourth-order valence-electron chi connectivity index (χ4n) is 1.05. The Morgan fingerprint density at radius 3 is 2.21 bits per heavy atom. The maximum atomic E-state index is 12.3. The molecule has 0 aliphatic rings. The van der Waals surface area contributed by atoms with Crippen LogP contribution in [-0.4, -0.2) is 23.4 Å². The second kappa shape index (κ2) is 3.71. The summed E-state index contributed by atoms with van der Waals surface area (Å²) in [5.41, 5.74) is -0.776. The van der Waals surface area contributed by atoms with Crippen LogP contribution in [0, 0.1) is 0 Å². The van der Waals surface area contributed by atoms with E-state index in [1.165, 1.54) is 12.3 Å². The van der Waals surface area contributed by atoms with E-state index in [-0.39, 0.29) is 0 Å². The van der Waals surface area contributed by atoms with E-state index < -0.39 is 30.2 Å². The van der Waals surface area contributed by atoms with Crippen LogP contribution in [-0.2, 0) is 6.18 Å². The van der Waals surface area contributed by atoms with Gasteiger partial charge in [-0.15, -0.1) is 0 Å². The van der Waals surface area contributed by atoms with Gasteiger partial charge in [-0.1, -0.05) is 0 Å². The molecule has 0 aliphatic carbocycles.